The van der Waals surface area contributed by atoms with Crippen LogP contribution in [-0.4, -0.2) is 5.11 Å². The number of hydrogen-bond acceptors (Lipinski definition) is 2. The molecule has 0 aliphatic heterocycles. The Labute approximate surface area is 123 Å². The van der Waals surface area contributed by atoms with Crippen molar-refractivity contribution in [2.75, 3.05) is 0 Å². The van der Waals surface area contributed by atoms with Crippen LogP contribution in [0.5, 0.6) is 0 Å². The summed E-state index contributed by atoms with van der Waals surface area (Å²) < 4.78 is 14.4. The van der Waals surface area contributed by atoms with Crippen LogP contribution in [0.4, 0.5) is 4.39 Å². The van der Waals surface area contributed by atoms with Crippen molar-refractivity contribution in [3.63, 3.8) is 0 Å². The Morgan fingerprint density at radius 2 is 1.94 bits per heavy atom. The van der Waals surface area contributed by atoms with E-state index in [-0.39, 0.29) is 6.42 Å². The molecule has 0 radical (unpaired) electrons. The van der Waals surface area contributed by atoms with Gasteiger partial charge in [0.05, 0.1) is 10.4 Å². The molecule has 0 saturated heterocycles. The van der Waals surface area contributed by atoms with Gasteiger partial charge in [-0.3, -0.25) is 0 Å². The fourth-order valence-electron chi connectivity index (χ4n) is 1.60. The summed E-state index contributed by atoms with van der Waals surface area (Å²) in [4.78, 5) is 0. The maximum Gasteiger partial charge on any atom is 0.126 e. The van der Waals surface area contributed by atoms with Gasteiger partial charge in [-0.25, -0.2) is 4.39 Å². The molecular weight excluding hydrogens is 318 g/mol. The van der Waals surface area contributed by atoms with Gasteiger partial charge in [-0.05, 0) is 29.8 Å². The zero-order chi connectivity index (χ0) is 13.3. The number of aliphatic hydroxyl groups excluding tert-OH is 1. The van der Waals surface area contributed by atoms with Gasteiger partial charge in [-0.15, -0.1) is 11.3 Å². The standard InChI is InChI=1S/C12H8Cl3FOS/c13-7-1-2-9(16)6(3-7)4-10(17)8-5-11(14)18-12(8)15/h1-3,5,10,17H,4H2. The van der Waals surface area contributed by atoms with Gasteiger partial charge in [0.2, 0.25) is 0 Å². The first kappa shape index (κ1) is 14.1. The molecule has 0 bridgehead atoms. The van der Waals surface area contributed by atoms with E-state index in [4.69, 9.17) is 34.8 Å². The molecule has 96 valence electrons. The average Bonchev–Trinajstić information content (AvgIpc) is 2.63. The summed E-state index contributed by atoms with van der Waals surface area (Å²) in [5.41, 5.74) is 0.847. The van der Waals surface area contributed by atoms with Crippen molar-refractivity contribution >= 4 is 46.1 Å². The molecule has 0 fully saturated rings. The fourth-order valence-corrected chi connectivity index (χ4v) is 3.36. The highest BCUT2D eigenvalue weighted by molar-refractivity contribution is 7.20. The average molecular weight is 326 g/mol. The van der Waals surface area contributed by atoms with Crippen molar-refractivity contribution in [2.24, 2.45) is 0 Å². The first-order valence-electron chi connectivity index (χ1n) is 5.04. The molecule has 18 heavy (non-hydrogen) atoms. The highest BCUT2D eigenvalue weighted by atomic mass is 35.5. The SMILES string of the molecule is OC(Cc1cc(Cl)ccc1F)c1cc(Cl)sc1Cl. The van der Waals surface area contributed by atoms with Gasteiger partial charge in [-0.1, -0.05) is 34.8 Å². The van der Waals surface area contributed by atoms with E-state index in [9.17, 15) is 9.50 Å². The van der Waals surface area contributed by atoms with E-state index in [1.165, 1.54) is 29.5 Å². The van der Waals surface area contributed by atoms with Crippen molar-refractivity contribution in [2.45, 2.75) is 12.5 Å². The molecule has 0 aliphatic carbocycles. The Kier molecular flexibility index (Phi) is 4.51. The monoisotopic (exact) mass is 324 g/mol. The van der Waals surface area contributed by atoms with E-state index in [0.717, 1.165) is 0 Å². The number of hydrogen-bond donors (Lipinski definition) is 1. The molecule has 1 nitrogen and oxygen atoms in total. The molecule has 1 aromatic heterocycles. The highest BCUT2D eigenvalue weighted by Gasteiger charge is 2.17. The van der Waals surface area contributed by atoms with E-state index in [2.05, 4.69) is 0 Å². The summed E-state index contributed by atoms with van der Waals surface area (Å²) in [6, 6.07) is 5.80. The molecule has 2 aromatic rings. The van der Waals surface area contributed by atoms with Crippen LogP contribution in [0.15, 0.2) is 24.3 Å². The van der Waals surface area contributed by atoms with Gasteiger partial charge in [0.1, 0.15) is 10.2 Å². The van der Waals surface area contributed by atoms with Gasteiger partial charge in [-0.2, -0.15) is 0 Å². The largest absolute Gasteiger partial charge is 0.388 e. The molecule has 1 aromatic carbocycles. The van der Waals surface area contributed by atoms with E-state index >= 15 is 0 Å². The molecule has 1 heterocycles. The molecule has 6 heteroatoms. The predicted octanol–water partition coefficient (Wildman–Crippen LogP) is 5.12. The van der Waals surface area contributed by atoms with Crippen LogP contribution in [0.25, 0.3) is 0 Å². The van der Waals surface area contributed by atoms with Crippen molar-refractivity contribution in [3.8, 4) is 0 Å². The Bertz CT molecular complexity index is 570. The Morgan fingerprint density at radius 1 is 1.22 bits per heavy atom. The third kappa shape index (κ3) is 3.16. The van der Waals surface area contributed by atoms with Crippen LogP contribution in [0, 0.1) is 5.82 Å². The van der Waals surface area contributed by atoms with Crippen molar-refractivity contribution < 1.29 is 9.50 Å². The normalized spacial score (nSPS) is 12.7. The lowest BCUT2D eigenvalue weighted by molar-refractivity contribution is 0.177. The van der Waals surface area contributed by atoms with E-state index in [0.29, 0.717) is 24.8 Å². The van der Waals surface area contributed by atoms with Crippen molar-refractivity contribution in [3.05, 3.63) is 54.9 Å². The summed E-state index contributed by atoms with van der Waals surface area (Å²) in [6.07, 6.45) is -0.812. The zero-order valence-corrected chi connectivity index (χ0v) is 12.0. The smallest absolute Gasteiger partial charge is 0.126 e. The van der Waals surface area contributed by atoms with Crippen LogP contribution in [0.1, 0.15) is 17.2 Å². The number of rotatable bonds is 3. The second-order valence-electron chi connectivity index (χ2n) is 3.74. The van der Waals surface area contributed by atoms with Crippen molar-refractivity contribution in [1.82, 2.24) is 0 Å². The van der Waals surface area contributed by atoms with Crippen LogP contribution in [-0.2, 0) is 6.42 Å². The molecule has 0 spiro atoms. The maximum absolute atomic E-state index is 13.5. The van der Waals surface area contributed by atoms with Gasteiger partial charge in [0.25, 0.3) is 0 Å². The second kappa shape index (κ2) is 5.76. The fraction of sp³-hybridized carbons (Fsp3) is 0.167. The first-order valence-corrected chi connectivity index (χ1v) is 6.99. The molecule has 1 N–H and O–H groups in total. The van der Waals surface area contributed by atoms with E-state index < -0.39 is 11.9 Å². The lowest BCUT2D eigenvalue weighted by Crippen LogP contribution is -2.03. The minimum Gasteiger partial charge on any atom is -0.388 e. The minimum absolute atomic E-state index is 0.0964. The first-order chi connectivity index (χ1) is 8.47. The maximum atomic E-state index is 13.5. The zero-order valence-electron chi connectivity index (χ0n) is 8.96. The molecule has 0 amide bonds. The van der Waals surface area contributed by atoms with Gasteiger partial charge >= 0.3 is 0 Å². The summed E-state index contributed by atoms with van der Waals surface area (Å²) >= 11 is 18.7. The summed E-state index contributed by atoms with van der Waals surface area (Å²) in [5.74, 6) is -0.407. The summed E-state index contributed by atoms with van der Waals surface area (Å²) in [5, 5.41) is 10.5. The Balaban J connectivity index is 2.23. The molecular formula is C12H8Cl3FOS. The molecule has 1 atom stereocenters. The topological polar surface area (TPSA) is 20.2 Å². The molecule has 1 unspecified atom stereocenters. The Morgan fingerprint density at radius 3 is 2.56 bits per heavy atom. The third-order valence-corrected chi connectivity index (χ3v) is 4.22. The summed E-state index contributed by atoms with van der Waals surface area (Å²) in [6.45, 7) is 0. The highest BCUT2D eigenvalue weighted by Crippen LogP contribution is 2.36. The summed E-state index contributed by atoms with van der Waals surface area (Å²) in [7, 11) is 0. The van der Waals surface area contributed by atoms with Gasteiger partial charge in [0, 0.05) is 17.0 Å². The van der Waals surface area contributed by atoms with Gasteiger partial charge in [0.15, 0.2) is 0 Å². The lowest BCUT2D eigenvalue weighted by Gasteiger charge is -2.10. The van der Waals surface area contributed by atoms with Gasteiger partial charge < -0.3 is 5.11 Å². The van der Waals surface area contributed by atoms with E-state index in [1.807, 2.05) is 0 Å². The molecule has 0 saturated carbocycles. The van der Waals surface area contributed by atoms with Crippen LogP contribution in [0.3, 0.4) is 0 Å². The van der Waals surface area contributed by atoms with Crippen LogP contribution >= 0.6 is 46.1 Å². The van der Waals surface area contributed by atoms with Crippen molar-refractivity contribution in [1.29, 1.82) is 0 Å². The molecule has 0 aliphatic rings. The number of thiophene rings is 1. The lowest BCUT2D eigenvalue weighted by atomic mass is 10.0. The van der Waals surface area contributed by atoms with Crippen LogP contribution in [0.2, 0.25) is 13.7 Å². The third-order valence-electron chi connectivity index (χ3n) is 2.46. The Hall–Kier alpha value is -0.320. The van der Waals surface area contributed by atoms with Crippen LogP contribution < -0.4 is 0 Å². The molecule has 2 rings (SSSR count). The van der Waals surface area contributed by atoms with E-state index in [1.54, 1.807) is 6.07 Å². The number of halogens is 4. The minimum atomic E-state index is -0.908. The number of aliphatic hydroxyl groups is 1. The predicted molar refractivity (Wildman–Crippen MR) is 74.4 cm³/mol. The quantitative estimate of drug-likeness (QED) is 0.830. The number of benzene rings is 1. The second-order valence-corrected chi connectivity index (χ2v) is 6.46.